The second-order valence-corrected chi connectivity index (χ2v) is 5.17. The molecule has 0 saturated heterocycles. The van der Waals surface area contributed by atoms with Crippen molar-refractivity contribution in [3.63, 3.8) is 0 Å². The monoisotopic (exact) mass is 211 g/mol. The molecule has 0 bridgehead atoms. The van der Waals surface area contributed by atoms with Crippen LogP contribution in [0.3, 0.4) is 0 Å². The minimum absolute atomic E-state index is 0.787. The lowest BCUT2D eigenvalue weighted by Crippen LogP contribution is -2.22. The Kier molecular flexibility index (Phi) is 5.20. The Morgan fingerprint density at radius 2 is 2.21 bits per heavy atom. The zero-order chi connectivity index (χ0) is 10.4. The Labute approximate surface area is 91.5 Å². The minimum atomic E-state index is 0.787. The van der Waals surface area contributed by atoms with E-state index in [1.807, 2.05) is 7.05 Å². The maximum absolute atomic E-state index is 3.29. The third kappa shape index (κ3) is 4.25. The number of nitrogens with one attached hydrogen (secondary N) is 1. The quantitative estimate of drug-likeness (QED) is 0.762. The Morgan fingerprint density at radius 3 is 2.71 bits per heavy atom. The van der Waals surface area contributed by atoms with Crippen LogP contribution in [0, 0.1) is 11.8 Å². The van der Waals surface area contributed by atoms with Gasteiger partial charge in [-0.2, -0.15) is 11.3 Å². The second kappa shape index (κ2) is 6.20. The van der Waals surface area contributed by atoms with Crippen LogP contribution in [-0.4, -0.2) is 13.6 Å². The molecule has 0 aromatic carbocycles. The molecule has 80 valence electrons. The smallest absolute Gasteiger partial charge is 0.00202 e. The number of hydrogen-bond acceptors (Lipinski definition) is 2. The summed E-state index contributed by atoms with van der Waals surface area (Å²) in [7, 11) is 2.04. The van der Waals surface area contributed by atoms with Gasteiger partial charge in [0.2, 0.25) is 0 Å². The summed E-state index contributed by atoms with van der Waals surface area (Å²) in [5, 5.41) is 7.72. The molecule has 0 aliphatic heterocycles. The summed E-state index contributed by atoms with van der Waals surface area (Å²) < 4.78 is 0. The average molecular weight is 211 g/mol. The van der Waals surface area contributed by atoms with E-state index in [0.717, 1.165) is 18.4 Å². The van der Waals surface area contributed by atoms with Crippen molar-refractivity contribution < 1.29 is 0 Å². The van der Waals surface area contributed by atoms with E-state index < -0.39 is 0 Å². The molecule has 0 fully saturated rings. The fraction of sp³-hybridized carbons (Fsp3) is 0.667. The van der Waals surface area contributed by atoms with Crippen LogP contribution >= 0.6 is 11.3 Å². The average Bonchev–Trinajstić information content (AvgIpc) is 2.56. The first-order valence-electron chi connectivity index (χ1n) is 5.38. The van der Waals surface area contributed by atoms with Crippen molar-refractivity contribution in [2.45, 2.75) is 26.7 Å². The fourth-order valence-electron chi connectivity index (χ4n) is 1.94. The van der Waals surface area contributed by atoms with Gasteiger partial charge in [0.05, 0.1) is 0 Å². The number of thiophene rings is 1. The molecule has 0 saturated carbocycles. The van der Waals surface area contributed by atoms with Gasteiger partial charge in [-0.25, -0.2) is 0 Å². The van der Waals surface area contributed by atoms with Gasteiger partial charge in [-0.15, -0.1) is 0 Å². The molecule has 1 nitrogen and oxygen atoms in total. The van der Waals surface area contributed by atoms with Crippen molar-refractivity contribution in [1.82, 2.24) is 5.32 Å². The molecule has 0 radical (unpaired) electrons. The lowest BCUT2D eigenvalue weighted by atomic mass is 9.92. The molecule has 1 aromatic heterocycles. The largest absolute Gasteiger partial charge is 0.319 e. The first kappa shape index (κ1) is 11.7. The van der Waals surface area contributed by atoms with E-state index >= 15 is 0 Å². The fourth-order valence-corrected chi connectivity index (χ4v) is 2.62. The first-order chi connectivity index (χ1) is 6.72. The predicted molar refractivity (Wildman–Crippen MR) is 64.9 cm³/mol. The highest BCUT2D eigenvalue weighted by atomic mass is 32.1. The van der Waals surface area contributed by atoms with Crippen LogP contribution in [-0.2, 0) is 6.42 Å². The molecular weight excluding hydrogens is 190 g/mol. The molecule has 1 aromatic rings. The number of rotatable bonds is 6. The SMILES string of the molecule is CNCC(Cc1ccsc1)CC(C)C. The van der Waals surface area contributed by atoms with Crippen molar-refractivity contribution in [1.29, 1.82) is 0 Å². The summed E-state index contributed by atoms with van der Waals surface area (Å²) in [5.41, 5.74) is 1.50. The lowest BCUT2D eigenvalue weighted by molar-refractivity contribution is 0.395. The van der Waals surface area contributed by atoms with Crippen molar-refractivity contribution in [3.8, 4) is 0 Å². The molecule has 0 aliphatic rings. The molecule has 1 rings (SSSR count). The Bertz CT molecular complexity index is 228. The summed E-state index contributed by atoms with van der Waals surface area (Å²) in [4.78, 5) is 0. The van der Waals surface area contributed by atoms with E-state index in [1.54, 1.807) is 11.3 Å². The van der Waals surface area contributed by atoms with Crippen LogP contribution in [0.1, 0.15) is 25.8 Å². The summed E-state index contributed by atoms with van der Waals surface area (Å²) in [6, 6.07) is 2.24. The van der Waals surface area contributed by atoms with Crippen LogP contribution in [0.2, 0.25) is 0 Å². The molecule has 0 aliphatic carbocycles. The van der Waals surface area contributed by atoms with E-state index in [2.05, 4.69) is 36.0 Å². The van der Waals surface area contributed by atoms with Gasteiger partial charge in [0.1, 0.15) is 0 Å². The third-order valence-electron chi connectivity index (χ3n) is 2.40. The minimum Gasteiger partial charge on any atom is -0.319 e. The van der Waals surface area contributed by atoms with Crippen LogP contribution in [0.25, 0.3) is 0 Å². The van der Waals surface area contributed by atoms with Gasteiger partial charge in [-0.05, 0) is 60.7 Å². The summed E-state index contributed by atoms with van der Waals surface area (Å²) in [6.45, 7) is 5.74. The van der Waals surface area contributed by atoms with Crippen LogP contribution in [0.4, 0.5) is 0 Å². The highest BCUT2D eigenvalue weighted by Gasteiger charge is 2.10. The maximum atomic E-state index is 3.29. The zero-order valence-electron chi connectivity index (χ0n) is 9.42. The molecular formula is C12H21NS. The van der Waals surface area contributed by atoms with Crippen molar-refractivity contribution in [2.75, 3.05) is 13.6 Å². The Hall–Kier alpha value is -0.340. The maximum Gasteiger partial charge on any atom is -0.00202 e. The van der Waals surface area contributed by atoms with Gasteiger partial charge < -0.3 is 5.32 Å². The topological polar surface area (TPSA) is 12.0 Å². The Morgan fingerprint density at radius 1 is 1.43 bits per heavy atom. The Balaban J connectivity index is 2.42. The van der Waals surface area contributed by atoms with E-state index in [9.17, 15) is 0 Å². The zero-order valence-corrected chi connectivity index (χ0v) is 10.2. The van der Waals surface area contributed by atoms with Gasteiger partial charge in [0.25, 0.3) is 0 Å². The highest BCUT2D eigenvalue weighted by molar-refractivity contribution is 7.07. The van der Waals surface area contributed by atoms with E-state index in [1.165, 1.54) is 18.4 Å². The van der Waals surface area contributed by atoms with E-state index in [-0.39, 0.29) is 0 Å². The first-order valence-corrected chi connectivity index (χ1v) is 6.32. The normalized spacial score (nSPS) is 13.4. The third-order valence-corrected chi connectivity index (χ3v) is 3.13. The molecule has 14 heavy (non-hydrogen) atoms. The molecule has 1 N–H and O–H groups in total. The summed E-state index contributed by atoms with van der Waals surface area (Å²) in [5.74, 6) is 1.58. The molecule has 0 amide bonds. The van der Waals surface area contributed by atoms with Crippen LogP contribution in [0.15, 0.2) is 16.8 Å². The molecule has 0 spiro atoms. The summed E-state index contributed by atoms with van der Waals surface area (Å²) in [6.07, 6.45) is 2.54. The lowest BCUT2D eigenvalue weighted by Gasteiger charge is -2.17. The standard InChI is InChI=1S/C12H21NS/c1-10(2)6-12(8-13-3)7-11-4-5-14-9-11/h4-5,9-10,12-13H,6-8H2,1-3H3. The number of hydrogen-bond donors (Lipinski definition) is 1. The summed E-state index contributed by atoms with van der Waals surface area (Å²) >= 11 is 1.80. The molecule has 1 heterocycles. The van der Waals surface area contributed by atoms with Gasteiger partial charge >= 0.3 is 0 Å². The van der Waals surface area contributed by atoms with Crippen molar-refractivity contribution >= 4 is 11.3 Å². The van der Waals surface area contributed by atoms with Crippen LogP contribution in [0.5, 0.6) is 0 Å². The van der Waals surface area contributed by atoms with E-state index in [4.69, 9.17) is 0 Å². The molecule has 1 unspecified atom stereocenters. The van der Waals surface area contributed by atoms with Gasteiger partial charge in [0.15, 0.2) is 0 Å². The van der Waals surface area contributed by atoms with Crippen LogP contribution < -0.4 is 5.32 Å². The van der Waals surface area contributed by atoms with Gasteiger partial charge in [-0.3, -0.25) is 0 Å². The molecule has 1 atom stereocenters. The van der Waals surface area contributed by atoms with Crippen molar-refractivity contribution in [3.05, 3.63) is 22.4 Å². The van der Waals surface area contributed by atoms with Crippen molar-refractivity contribution in [2.24, 2.45) is 11.8 Å². The van der Waals surface area contributed by atoms with E-state index in [0.29, 0.717) is 0 Å². The predicted octanol–water partition coefficient (Wildman–Crippen LogP) is 3.17. The van der Waals surface area contributed by atoms with Gasteiger partial charge in [-0.1, -0.05) is 13.8 Å². The van der Waals surface area contributed by atoms with Gasteiger partial charge in [0, 0.05) is 0 Å². The highest BCUT2D eigenvalue weighted by Crippen LogP contribution is 2.18. The molecule has 2 heteroatoms. The second-order valence-electron chi connectivity index (χ2n) is 4.39.